The lowest BCUT2D eigenvalue weighted by molar-refractivity contribution is 0.0518. The summed E-state index contributed by atoms with van der Waals surface area (Å²) in [4.78, 5) is 29.5. The SMILES string of the molecule is CCOC(=O)c1cc(-c2sc(NC(=O)c3ccccc3)nc2C)n(CCO)n1. The minimum absolute atomic E-state index is 0.133. The third kappa shape index (κ3) is 4.26. The Balaban J connectivity index is 1.89. The molecule has 2 aromatic heterocycles. The van der Waals surface area contributed by atoms with E-state index in [0.29, 0.717) is 22.1 Å². The number of anilines is 1. The lowest BCUT2D eigenvalue weighted by Crippen LogP contribution is -2.11. The van der Waals surface area contributed by atoms with E-state index in [9.17, 15) is 14.7 Å². The monoisotopic (exact) mass is 400 g/mol. The lowest BCUT2D eigenvalue weighted by atomic mass is 10.2. The second kappa shape index (κ2) is 8.77. The number of aliphatic hydroxyl groups excluding tert-OH is 1. The van der Waals surface area contributed by atoms with Crippen molar-refractivity contribution in [1.82, 2.24) is 14.8 Å². The van der Waals surface area contributed by atoms with Gasteiger partial charge in [-0.15, -0.1) is 0 Å². The summed E-state index contributed by atoms with van der Waals surface area (Å²) in [6.45, 7) is 3.86. The minimum atomic E-state index is -0.528. The second-order valence-corrected chi connectivity index (χ2v) is 6.83. The van der Waals surface area contributed by atoms with E-state index in [1.807, 2.05) is 13.0 Å². The van der Waals surface area contributed by atoms with Gasteiger partial charge in [0.25, 0.3) is 5.91 Å². The number of hydrogen-bond donors (Lipinski definition) is 2. The molecule has 2 N–H and O–H groups in total. The lowest BCUT2D eigenvalue weighted by Gasteiger charge is -2.03. The van der Waals surface area contributed by atoms with Crippen molar-refractivity contribution in [3.05, 3.63) is 53.3 Å². The van der Waals surface area contributed by atoms with Gasteiger partial charge in [0.05, 0.1) is 36.0 Å². The zero-order valence-corrected chi connectivity index (χ0v) is 16.3. The van der Waals surface area contributed by atoms with Crippen LogP contribution in [0.25, 0.3) is 10.6 Å². The van der Waals surface area contributed by atoms with Crippen LogP contribution in [0.15, 0.2) is 36.4 Å². The van der Waals surface area contributed by atoms with E-state index in [1.54, 1.807) is 37.3 Å². The highest BCUT2D eigenvalue weighted by Gasteiger charge is 2.20. The number of hydrogen-bond acceptors (Lipinski definition) is 7. The fraction of sp³-hybridized carbons (Fsp3) is 0.263. The fourth-order valence-electron chi connectivity index (χ4n) is 2.62. The summed E-state index contributed by atoms with van der Waals surface area (Å²) >= 11 is 1.28. The largest absolute Gasteiger partial charge is 0.461 e. The van der Waals surface area contributed by atoms with Crippen molar-refractivity contribution in [2.24, 2.45) is 0 Å². The Hall–Kier alpha value is -3.04. The van der Waals surface area contributed by atoms with Crippen LogP contribution in [0.3, 0.4) is 0 Å². The first-order valence-corrected chi connectivity index (χ1v) is 9.55. The first-order chi connectivity index (χ1) is 13.5. The number of esters is 1. The van der Waals surface area contributed by atoms with Gasteiger partial charge < -0.3 is 9.84 Å². The highest BCUT2D eigenvalue weighted by Crippen LogP contribution is 2.33. The molecule has 146 valence electrons. The zero-order chi connectivity index (χ0) is 20.1. The first-order valence-electron chi connectivity index (χ1n) is 8.73. The van der Waals surface area contributed by atoms with Gasteiger partial charge in [0.1, 0.15) is 0 Å². The molecule has 0 bridgehead atoms. The van der Waals surface area contributed by atoms with E-state index in [-0.39, 0.29) is 31.4 Å². The molecule has 8 nitrogen and oxygen atoms in total. The van der Waals surface area contributed by atoms with Gasteiger partial charge >= 0.3 is 5.97 Å². The van der Waals surface area contributed by atoms with Crippen molar-refractivity contribution in [2.45, 2.75) is 20.4 Å². The first kappa shape index (κ1) is 19.7. The number of amides is 1. The van der Waals surface area contributed by atoms with Crippen LogP contribution >= 0.6 is 11.3 Å². The number of ether oxygens (including phenoxy) is 1. The average molecular weight is 400 g/mol. The Morgan fingerprint density at radius 1 is 1.29 bits per heavy atom. The molecular formula is C19H20N4O4S. The number of carbonyl (C=O) groups is 2. The number of nitrogens with one attached hydrogen (secondary N) is 1. The van der Waals surface area contributed by atoms with Crippen LogP contribution in [0.1, 0.15) is 33.5 Å². The van der Waals surface area contributed by atoms with Gasteiger partial charge in [0.2, 0.25) is 0 Å². The summed E-state index contributed by atoms with van der Waals surface area (Å²) < 4.78 is 6.54. The Labute approximate surface area is 165 Å². The van der Waals surface area contributed by atoms with Crippen LogP contribution in [0, 0.1) is 6.92 Å². The standard InChI is InChI=1S/C19H20N4O4S/c1-3-27-18(26)14-11-15(23(22-14)9-10-24)16-12(2)20-19(28-16)21-17(25)13-7-5-4-6-8-13/h4-8,11,24H,3,9-10H2,1-2H3,(H,20,21,25). The van der Waals surface area contributed by atoms with Gasteiger partial charge in [0, 0.05) is 5.56 Å². The molecule has 2 heterocycles. The van der Waals surface area contributed by atoms with E-state index >= 15 is 0 Å². The third-order valence-electron chi connectivity index (χ3n) is 3.86. The van der Waals surface area contributed by atoms with E-state index in [2.05, 4.69) is 15.4 Å². The fourth-order valence-corrected chi connectivity index (χ4v) is 3.60. The van der Waals surface area contributed by atoms with Crippen molar-refractivity contribution in [1.29, 1.82) is 0 Å². The molecule has 0 radical (unpaired) electrons. The highest BCUT2D eigenvalue weighted by molar-refractivity contribution is 7.19. The number of aryl methyl sites for hydroxylation is 1. The number of carbonyl (C=O) groups excluding carboxylic acids is 2. The van der Waals surface area contributed by atoms with Crippen molar-refractivity contribution in [2.75, 3.05) is 18.5 Å². The second-order valence-electron chi connectivity index (χ2n) is 5.84. The number of aromatic nitrogens is 3. The van der Waals surface area contributed by atoms with Crippen molar-refractivity contribution in [3.8, 4) is 10.6 Å². The van der Waals surface area contributed by atoms with Crippen LogP contribution in [-0.4, -0.2) is 45.0 Å². The van der Waals surface area contributed by atoms with Crippen molar-refractivity contribution in [3.63, 3.8) is 0 Å². The summed E-state index contributed by atoms with van der Waals surface area (Å²) in [5, 5.41) is 16.8. The predicted molar refractivity (Wildman–Crippen MR) is 106 cm³/mol. The summed E-state index contributed by atoms with van der Waals surface area (Å²) in [6, 6.07) is 10.5. The maximum absolute atomic E-state index is 12.3. The molecule has 9 heteroatoms. The number of benzene rings is 1. The average Bonchev–Trinajstić information content (AvgIpc) is 3.26. The highest BCUT2D eigenvalue weighted by atomic mass is 32.1. The third-order valence-corrected chi connectivity index (χ3v) is 4.96. The van der Waals surface area contributed by atoms with E-state index in [0.717, 1.165) is 4.88 Å². The Morgan fingerprint density at radius 2 is 2.04 bits per heavy atom. The van der Waals surface area contributed by atoms with Crippen LogP contribution in [0.4, 0.5) is 5.13 Å². The maximum atomic E-state index is 12.3. The van der Waals surface area contributed by atoms with Crippen LogP contribution in [-0.2, 0) is 11.3 Å². The Kier molecular flexibility index (Phi) is 6.17. The summed E-state index contributed by atoms with van der Waals surface area (Å²) in [7, 11) is 0. The molecule has 0 saturated heterocycles. The number of nitrogens with zero attached hydrogens (tertiary/aromatic N) is 3. The maximum Gasteiger partial charge on any atom is 0.358 e. The molecule has 0 atom stereocenters. The zero-order valence-electron chi connectivity index (χ0n) is 15.5. The van der Waals surface area contributed by atoms with Gasteiger partial charge in [-0.3, -0.25) is 14.8 Å². The summed E-state index contributed by atoms with van der Waals surface area (Å²) in [6.07, 6.45) is 0. The van der Waals surface area contributed by atoms with Crippen molar-refractivity contribution >= 4 is 28.3 Å². The molecule has 28 heavy (non-hydrogen) atoms. The molecule has 0 aliphatic heterocycles. The van der Waals surface area contributed by atoms with Gasteiger partial charge in [-0.25, -0.2) is 9.78 Å². The summed E-state index contributed by atoms with van der Waals surface area (Å²) in [5.41, 5.74) is 2.01. The van der Waals surface area contributed by atoms with Crippen LogP contribution < -0.4 is 5.32 Å². The van der Waals surface area contributed by atoms with Gasteiger partial charge in [-0.1, -0.05) is 29.5 Å². The number of rotatable bonds is 7. The predicted octanol–water partition coefficient (Wildman–Crippen LogP) is 2.74. The minimum Gasteiger partial charge on any atom is -0.461 e. The van der Waals surface area contributed by atoms with E-state index < -0.39 is 5.97 Å². The quantitative estimate of drug-likeness (QED) is 0.591. The number of thiazole rings is 1. The van der Waals surface area contributed by atoms with E-state index in [1.165, 1.54) is 16.0 Å². The van der Waals surface area contributed by atoms with E-state index in [4.69, 9.17) is 4.74 Å². The molecule has 1 aromatic carbocycles. The molecule has 1 amide bonds. The molecule has 3 aromatic rings. The number of aliphatic hydroxyl groups is 1. The van der Waals surface area contributed by atoms with Gasteiger partial charge in [-0.05, 0) is 32.0 Å². The molecule has 0 saturated carbocycles. The molecule has 0 spiro atoms. The van der Waals surface area contributed by atoms with Crippen LogP contribution in [0.2, 0.25) is 0 Å². The molecule has 0 unspecified atom stereocenters. The molecule has 0 fully saturated rings. The Morgan fingerprint density at radius 3 is 2.71 bits per heavy atom. The Bertz CT molecular complexity index is 981. The van der Waals surface area contributed by atoms with Gasteiger partial charge in [-0.2, -0.15) is 5.10 Å². The smallest absolute Gasteiger partial charge is 0.358 e. The van der Waals surface area contributed by atoms with Crippen molar-refractivity contribution < 1.29 is 19.4 Å². The topological polar surface area (TPSA) is 106 Å². The molecule has 0 aliphatic rings. The normalized spacial score (nSPS) is 10.7. The van der Waals surface area contributed by atoms with Crippen LogP contribution in [0.5, 0.6) is 0 Å². The van der Waals surface area contributed by atoms with Gasteiger partial charge in [0.15, 0.2) is 10.8 Å². The molecular weight excluding hydrogens is 380 g/mol. The summed E-state index contributed by atoms with van der Waals surface area (Å²) in [5.74, 6) is -0.780. The molecule has 0 aliphatic carbocycles. The molecule has 3 rings (SSSR count).